The summed E-state index contributed by atoms with van der Waals surface area (Å²) < 4.78 is 13.4. The molecule has 94 valence electrons. The minimum atomic E-state index is -0.393. The summed E-state index contributed by atoms with van der Waals surface area (Å²) >= 11 is 0. The molecule has 2 rings (SSSR count). The van der Waals surface area contributed by atoms with Crippen molar-refractivity contribution >= 4 is 11.8 Å². The molecule has 4 nitrogen and oxygen atoms in total. The van der Waals surface area contributed by atoms with E-state index in [-0.39, 0.29) is 0 Å². The topological polar surface area (TPSA) is 49.8 Å². The van der Waals surface area contributed by atoms with Gasteiger partial charge in [0.15, 0.2) is 11.6 Å². The molecule has 0 saturated heterocycles. The molecule has 0 spiro atoms. The Kier molecular flexibility index (Phi) is 4.12. The van der Waals surface area contributed by atoms with Crippen molar-refractivity contribution < 1.29 is 4.39 Å². The molecule has 2 N–H and O–H groups in total. The lowest BCUT2D eigenvalue weighted by atomic mass is 10.0. The maximum absolute atomic E-state index is 13.4. The Hall–Kier alpha value is -1.39. The van der Waals surface area contributed by atoms with Crippen LogP contribution in [0.5, 0.6) is 0 Å². The van der Waals surface area contributed by atoms with E-state index in [9.17, 15) is 4.39 Å². The van der Waals surface area contributed by atoms with E-state index in [0.717, 1.165) is 18.9 Å². The largest absolute Gasteiger partial charge is 0.367 e. The van der Waals surface area contributed by atoms with E-state index in [0.29, 0.717) is 11.8 Å². The van der Waals surface area contributed by atoms with E-state index < -0.39 is 5.82 Å². The molecule has 1 fully saturated rings. The molecular weight excluding hydrogens is 219 g/mol. The third kappa shape index (κ3) is 3.28. The van der Waals surface area contributed by atoms with Crippen LogP contribution in [0, 0.1) is 11.7 Å². The highest BCUT2D eigenvalue weighted by Crippen LogP contribution is 2.27. The van der Waals surface area contributed by atoms with Crippen LogP contribution in [-0.4, -0.2) is 23.6 Å². The lowest BCUT2D eigenvalue weighted by Gasteiger charge is -2.11. The Balaban J connectivity index is 1.84. The SMILES string of the molecule is CNc1ncc(F)c(NCCC2CCCC2)n1. The van der Waals surface area contributed by atoms with Gasteiger partial charge in [-0.05, 0) is 12.3 Å². The van der Waals surface area contributed by atoms with Gasteiger partial charge in [0.05, 0.1) is 6.20 Å². The maximum Gasteiger partial charge on any atom is 0.224 e. The summed E-state index contributed by atoms with van der Waals surface area (Å²) in [6.07, 6.45) is 7.60. The van der Waals surface area contributed by atoms with Crippen LogP contribution >= 0.6 is 0 Å². The average molecular weight is 238 g/mol. The number of nitrogens with zero attached hydrogens (tertiary/aromatic N) is 2. The van der Waals surface area contributed by atoms with Gasteiger partial charge in [0.1, 0.15) is 0 Å². The van der Waals surface area contributed by atoms with Gasteiger partial charge >= 0.3 is 0 Å². The molecule has 0 amide bonds. The number of halogens is 1. The first-order valence-corrected chi connectivity index (χ1v) is 6.23. The molecule has 0 atom stereocenters. The van der Waals surface area contributed by atoms with Gasteiger partial charge in [-0.15, -0.1) is 0 Å². The first-order chi connectivity index (χ1) is 8.29. The number of aromatic nitrogens is 2. The van der Waals surface area contributed by atoms with Crippen LogP contribution in [0.25, 0.3) is 0 Å². The van der Waals surface area contributed by atoms with Crippen molar-refractivity contribution in [3.8, 4) is 0 Å². The molecule has 0 aliphatic heterocycles. The lowest BCUT2D eigenvalue weighted by molar-refractivity contribution is 0.517. The van der Waals surface area contributed by atoms with E-state index in [1.54, 1.807) is 7.05 Å². The van der Waals surface area contributed by atoms with Gasteiger partial charge in [-0.25, -0.2) is 9.37 Å². The molecule has 0 aromatic carbocycles. The number of hydrogen-bond donors (Lipinski definition) is 2. The molecule has 0 unspecified atom stereocenters. The fraction of sp³-hybridized carbons (Fsp3) is 0.667. The molecule has 1 aliphatic carbocycles. The summed E-state index contributed by atoms with van der Waals surface area (Å²) in [5, 5.41) is 5.85. The van der Waals surface area contributed by atoms with Crippen LogP contribution in [-0.2, 0) is 0 Å². The predicted molar refractivity (Wildman–Crippen MR) is 66.6 cm³/mol. The molecule has 1 saturated carbocycles. The Morgan fingerprint density at radius 3 is 2.88 bits per heavy atom. The fourth-order valence-electron chi connectivity index (χ4n) is 2.31. The van der Waals surface area contributed by atoms with Crippen LogP contribution < -0.4 is 10.6 Å². The van der Waals surface area contributed by atoms with Crippen molar-refractivity contribution in [3.05, 3.63) is 12.0 Å². The highest BCUT2D eigenvalue weighted by Gasteiger charge is 2.14. The Bertz CT molecular complexity index is 364. The van der Waals surface area contributed by atoms with Gasteiger partial charge in [0, 0.05) is 13.6 Å². The van der Waals surface area contributed by atoms with Crippen molar-refractivity contribution in [2.45, 2.75) is 32.1 Å². The van der Waals surface area contributed by atoms with E-state index in [1.807, 2.05) is 0 Å². The maximum atomic E-state index is 13.4. The summed E-state index contributed by atoms with van der Waals surface area (Å²) in [7, 11) is 1.72. The van der Waals surface area contributed by atoms with Crippen LogP contribution in [0.2, 0.25) is 0 Å². The second-order valence-electron chi connectivity index (χ2n) is 4.51. The minimum Gasteiger partial charge on any atom is -0.367 e. The molecule has 17 heavy (non-hydrogen) atoms. The van der Waals surface area contributed by atoms with Crippen molar-refractivity contribution in [2.24, 2.45) is 5.92 Å². The summed E-state index contributed by atoms with van der Waals surface area (Å²) in [5.41, 5.74) is 0. The Morgan fingerprint density at radius 2 is 2.18 bits per heavy atom. The highest BCUT2D eigenvalue weighted by atomic mass is 19.1. The van der Waals surface area contributed by atoms with Crippen LogP contribution in [0.15, 0.2) is 6.20 Å². The van der Waals surface area contributed by atoms with Crippen LogP contribution in [0.1, 0.15) is 32.1 Å². The Morgan fingerprint density at radius 1 is 1.41 bits per heavy atom. The molecule has 1 aromatic rings. The van der Waals surface area contributed by atoms with Crippen LogP contribution in [0.4, 0.5) is 16.2 Å². The molecular formula is C12H19FN4. The second kappa shape index (κ2) is 5.80. The molecule has 1 aromatic heterocycles. The quantitative estimate of drug-likeness (QED) is 0.828. The molecule has 1 heterocycles. The van der Waals surface area contributed by atoms with Crippen molar-refractivity contribution in [3.63, 3.8) is 0 Å². The number of hydrogen-bond acceptors (Lipinski definition) is 4. The van der Waals surface area contributed by atoms with Crippen molar-refractivity contribution in [2.75, 3.05) is 24.2 Å². The lowest BCUT2D eigenvalue weighted by Crippen LogP contribution is -2.10. The van der Waals surface area contributed by atoms with E-state index in [2.05, 4.69) is 20.6 Å². The monoisotopic (exact) mass is 238 g/mol. The van der Waals surface area contributed by atoms with Gasteiger partial charge in [0.2, 0.25) is 5.95 Å². The fourth-order valence-corrected chi connectivity index (χ4v) is 2.31. The Labute approximate surface area is 101 Å². The van der Waals surface area contributed by atoms with Gasteiger partial charge in [0.25, 0.3) is 0 Å². The average Bonchev–Trinajstić information content (AvgIpc) is 2.84. The summed E-state index contributed by atoms with van der Waals surface area (Å²) in [6.45, 7) is 0.780. The zero-order valence-electron chi connectivity index (χ0n) is 10.2. The zero-order chi connectivity index (χ0) is 12.1. The normalized spacial score (nSPS) is 16.1. The molecule has 5 heteroatoms. The van der Waals surface area contributed by atoms with Gasteiger partial charge in [-0.2, -0.15) is 4.98 Å². The summed E-state index contributed by atoms with van der Waals surface area (Å²) in [6, 6.07) is 0. The first kappa shape index (κ1) is 12.1. The number of nitrogens with one attached hydrogen (secondary N) is 2. The standard InChI is InChI=1S/C12H19FN4/c1-14-12-16-8-10(13)11(17-12)15-7-6-9-4-2-3-5-9/h8-9H,2-7H2,1H3,(H2,14,15,16,17). The zero-order valence-corrected chi connectivity index (χ0v) is 10.2. The van der Waals surface area contributed by atoms with E-state index >= 15 is 0 Å². The predicted octanol–water partition coefficient (Wildman–Crippen LogP) is 2.65. The minimum absolute atomic E-state index is 0.294. The van der Waals surface area contributed by atoms with Crippen LogP contribution in [0.3, 0.4) is 0 Å². The summed E-state index contributed by atoms with van der Waals surface area (Å²) in [4.78, 5) is 7.85. The van der Waals surface area contributed by atoms with E-state index in [4.69, 9.17) is 0 Å². The highest BCUT2D eigenvalue weighted by molar-refractivity contribution is 5.40. The molecule has 0 radical (unpaired) electrons. The first-order valence-electron chi connectivity index (χ1n) is 6.23. The van der Waals surface area contributed by atoms with Crippen molar-refractivity contribution in [1.29, 1.82) is 0 Å². The number of anilines is 2. The van der Waals surface area contributed by atoms with Crippen molar-refractivity contribution in [1.82, 2.24) is 9.97 Å². The smallest absolute Gasteiger partial charge is 0.224 e. The second-order valence-corrected chi connectivity index (χ2v) is 4.51. The third-order valence-corrected chi connectivity index (χ3v) is 3.29. The van der Waals surface area contributed by atoms with Gasteiger partial charge < -0.3 is 10.6 Å². The molecule has 0 bridgehead atoms. The molecule has 1 aliphatic rings. The van der Waals surface area contributed by atoms with E-state index in [1.165, 1.54) is 31.9 Å². The van der Waals surface area contributed by atoms with Gasteiger partial charge in [-0.1, -0.05) is 25.7 Å². The van der Waals surface area contributed by atoms with Gasteiger partial charge in [-0.3, -0.25) is 0 Å². The number of rotatable bonds is 5. The third-order valence-electron chi connectivity index (χ3n) is 3.29. The summed E-state index contributed by atoms with van der Waals surface area (Å²) in [5.74, 6) is 1.14.